The van der Waals surface area contributed by atoms with Crippen molar-refractivity contribution in [1.82, 2.24) is 15.2 Å². The van der Waals surface area contributed by atoms with Gasteiger partial charge in [-0.2, -0.15) is 0 Å². The zero-order valence-corrected chi connectivity index (χ0v) is 15.4. The van der Waals surface area contributed by atoms with Crippen molar-refractivity contribution >= 4 is 43.7 Å². The first-order valence-electron chi connectivity index (χ1n) is 7.99. The molecule has 2 heterocycles. The molecule has 0 spiro atoms. The normalized spacial score (nSPS) is 11.4. The lowest BCUT2D eigenvalue weighted by molar-refractivity contribution is 0.591. The summed E-state index contributed by atoms with van der Waals surface area (Å²) in [5.41, 5.74) is 0.767. The Bertz CT molecular complexity index is 1210. The summed E-state index contributed by atoms with van der Waals surface area (Å²) in [6.45, 7) is 0. The highest BCUT2D eigenvalue weighted by Crippen LogP contribution is 2.30. The monoisotopic (exact) mass is 396 g/mol. The van der Waals surface area contributed by atoms with E-state index in [0.717, 1.165) is 5.69 Å². The first kappa shape index (κ1) is 17.4. The molecule has 0 fully saturated rings. The van der Waals surface area contributed by atoms with Crippen molar-refractivity contribution in [3.8, 4) is 0 Å². The van der Waals surface area contributed by atoms with Gasteiger partial charge in [-0.05, 0) is 36.4 Å². The summed E-state index contributed by atoms with van der Waals surface area (Å²) in [5.74, 6) is 0.460. The highest BCUT2D eigenvalue weighted by atomic mass is 35.5. The molecule has 0 bridgehead atoms. The van der Waals surface area contributed by atoms with Crippen LogP contribution < -0.4 is 5.32 Å². The van der Waals surface area contributed by atoms with Crippen molar-refractivity contribution in [2.45, 2.75) is 9.92 Å². The van der Waals surface area contributed by atoms with E-state index in [9.17, 15) is 8.42 Å². The fraction of sp³-hybridized carbons (Fsp3) is 0. The number of pyridine rings is 1. The Morgan fingerprint density at radius 3 is 2.19 bits per heavy atom. The topological polar surface area (TPSA) is 84.8 Å². The predicted molar refractivity (Wildman–Crippen MR) is 104 cm³/mol. The third kappa shape index (κ3) is 3.34. The molecule has 0 atom stereocenters. The molecule has 0 unspecified atom stereocenters. The maximum absolute atomic E-state index is 13.0. The number of halogens is 1. The van der Waals surface area contributed by atoms with Crippen molar-refractivity contribution in [3.63, 3.8) is 0 Å². The Kier molecular flexibility index (Phi) is 4.47. The smallest absolute Gasteiger partial charge is 0.226 e. The molecule has 2 aromatic carbocycles. The van der Waals surface area contributed by atoms with Crippen LogP contribution in [0.2, 0.25) is 5.02 Å². The third-order valence-corrected chi connectivity index (χ3v) is 5.93. The van der Waals surface area contributed by atoms with Gasteiger partial charge in [-0.1, -0.05) is 35.9 Å². The second kappa shape index (κ2) is 6.94. The summed E-state index contributed by atoms with van der Waals surface area (Å²) in [7, 11) is -3.82. The number of nitrogens with one attached hydrogen (secondary N) is 1. The molecule has 8 heteroatoms. The van der Waals surface area contributed by atoms with Crippen molar-refractivity contribution in [1.29, 1.82) is 0 Å². The van der Waals surface area contributed by atoms with Crippen molar-refractivity contribution < 1.29 is 8.42 Å². The number of anilines is 2. The molecule has 4 rings (SSSR count). The van der Waals surface area contributed by atoms with Crippen molar-refractivity contribution in [2.24, 2.45) is 0 Å². The molecule has 0 saturated carbocycles. The fourth-order valence-corrected chi connectivity index (χ4v) is 4.11. The molecular formula is C19H13ClN4O2S. The standard InChI is InChI=1S/C19H13ClN4O2S/c20-13-5-7-14(8-6-13)22-18-16-3-1-2-4-17(16)19(24-23-18)27(25,26)15-9-11-21-12-10-15/h1-12H,(H,22,23). The molecule has 0 radical (unpaired) electrons. The summed E-state index contributed by atoms with van der Waals surface area (Å²) in [5, 5.41) is 13.0. The lowest BCUT2D eigenvalue weighted by atomic mass is 10.2. The number of benzene rings is 2. The van der Waals surface area contributed by atoms with Gasteiger partial charge in [0.15, 0.2) is 10.8 Å². The SMILES string of the molecule is O=S(=O)(c1ccncc1)c1nnc(Nc2ccc(Cl)cc2)c2ccccc12. The number of rotatable bonds is 4. The van der Waals surface area contributed by atoms with Gasteiger partial charge in [-0.15, -0.1) is 10.2 Å². The van der Waals surface area contributed by atoms with Gasteiger partial charge in [0.05, 0.1) is 4.90 Å². The quantitative estimate of drug-likeness (QED) is 0.555. The summed E-state index contributed by atoms with van der Waals surface area (Å²) < 4.78 is 26.0. The molecule has 1 N–H and O–H groups in total. The van der Waals surface area contributed by atoms with Crippen LogP contribution in [-0.2, 0) is 9.84 Å². The summed E-state index contributed by atoms with van der Waals surface area (Å²) in [4.78, 5) is 3.98. The Morgan fingerprint density at radius 2 is 1.48 bits per heavy atom. The molecule has 27 heavy (non-hydrogen) atoms. The lowest BCUT2D eigenvalue weighted by Gasteiger charge is -2.11. The van der Waals surface area contributed by atoms with Crippen LogP contribution in [0.5, 0.6) is 0 Å². The number of nitrogens with zero attached hydrogens (tertiary/aromatic N) is 3. The highest BCUT2D eigenvalue weighted by molar-refractivity contribution is 7.91. The van der Waals surface area contributed by atoms with Crippen molar-refractivity contribution in [3.05, 3.63) is 78.1 Å². The van der Waals surface area contributed by atoms with Crippen LogP contribution in [0.4, 0.5) is 11.5 Å². The van der Waals surface area contributed by atoms with Crippen LogP contribution in [0.25, 0.3) is 10.8 Å². The molecular weight excluding hydrogens is 384 g/mol. The summed E-state index contributed by atoms with van der Waals surface area (Å²) >= 11 is 5.91. The van der Waals surface area contributed by atoms with E-state index in [1.807, 2.05) is 6.07 Å². The van der Waals surface area contributed by atoms with Gasteiger partial charge in [-0.3, -0.25) is 4.98 Å². The van der Waals surface area contributed by atoms with Gasteiger partial charge < -0.3 is 5.32 Å². The Balaban J connectivity index is 1.85. The Labute approximate surface area is 160 Å². The zero-order chi connectivity index (χ0) is 18.9. The van der Waals surface area contributed by atoms with Crippen LogP contribution in [0.15, 0.2) is 83.0 Å². The molecule has 0 aliphatic carbocycles. The number of hydrogen-bond donors (Lipinski definition) is 1. The molecule has 2 aromatic heterocycles. The van der Waals surface area contributed by atoms with Gasteiger partial charge in [0.1, 0.15) is 0 Å². The van der Waals surface area contributed by atoms with E-state index in [1.165, 1.54) is 24.5 Å². The Morgan fingerprint density at radius 1 is 0.815 bits per heavy atom. The molecule has 0 aliphatic rings. The average Bonchev–Trinajstić information content (AvgIpc) is 2.70. The second-order valence-corrected chi connectivity index (χ2v) is 8.02. The largest absolute Gasteiger partial charge is 0.338 e. The Hall–Kier alpha value is -3.03. The summed E-state index contributed by atoms with van der Waals surface area (Å²) in [6, 6.07) is 17.1. The molecule has 0 saturated heterocycles. The van der Waals surface area contributed by atoms with E-state index < -0.39 is 9.84 Å². The van der Waals surface area contributed by atoms with Gasteiger partial charge in [-0.25, -0.2) is 8.42 Å². The second-order valence-electron chi connectivity index (χ2n) is 5.72. The van der Waals surface area contributed by atoms with Gasteiger partial charge in [0.2, 0.25) is 9.84 Å². The molecule has 6 nitrogen and oxygen atoms in total. The molecule has 4 aromatic rings. The summed E-state index contributed by atoms with van der Waals surface area (Å²) in [6.07, 6.45) is 2.86. The molecule has 0 aliphatic heterocycles. The van der Waals surface area contributed by atoms with Gasteiger partial charge >= 0.3 is 0 Å². The number of sulfone groups is 1. The molecule has 134 valence electrons. The van der Waals surface area contributed by atoms with E-state index in [0.29, 0.717) is 21.6 Å². The van der Waals surface area contributed by atoms with Gasteiger partial charge in [0.25, 0.3) is 0 Å². The number of hydrogen-bond acceptors (Lipinski definition) is 6. The first-order valence-corrected chi connectivity index (χ1v) is 9.85. The van der Waals surface area contributed by atoms with E-state index in [-0.39, 0.29) is 9.92 Å². The average molecular weight is 397 g/mol. The van der Waals surface area contributed by atoms with E-state index >= 15 is 0 Å². The third-order valence-electron chi connectivity index (χ3n) is 3.97. The van der Waals surface area contributed by atoms with Gasteiger partial charge in [0, 0.05) is 33.9 Å². The maximum atomic E-state index is 13.0. The predicted octanol–water partition coefficient (Wildman–Crippen LogP) is 4.25. The van der Waals surface area contributed by atoms with Crippen molar-refractivity contribution in [2.75, 3.05) is 5.32 Å². The zero-order valence-electron chi connectivity index (χ0n) is 13.9. The maximum Gasteiger partial charge on any atom is 0.226 e. The minimum absolute atomic E-state index is 0.0917. The number of fused-ring (bicyclic) bond motifs is 1. The fourth-order valence-electron chi connectivity index (χ4n) is 2.67. The lowest BCUT2D eigenvalue weighted by Crippen LogP contribution is -2.08. The number of aromatic nitrogens is 3. The van der Waals surface area contributed by atoms with E-state index in [1.54, 1.807) is 42.5 Å². The van der Waals surface area contributed by atoms with Crippen LogP contribution in [0, 0.1) is 0 Å². The minimum Gasteiger partial charge on any atom is -0.338 e. The van der Waals surface area contributed by atoms with Crippen LogP contribution in [0.1, 0.15) is 0 Å². The van der Waals surface area contributed by atoms with Crippen LogP contribution in [-0.4, -0.2) is 23.6 Å². The molecule has 0 amide bonds. The highest BCUT2D eigenvalue weighted by Gasteiger charge is 2.24. The van der Waals surface area contributed by atoms with E-state index in [2.05, 4.69) is 20.5 Å². The first-order chi connectivity index (χ1) is 13.1. The minimum atomic E-state index is -3.82. The van der Waals surface area contributed by atoms with Crippen LogP contribution >= 0.6 is 11.6 Å². The van der Waals surface area contributed by atoms with Crippen LogP contribution in [0.3, 0.4) is 0 Å². The van der Waals surface area contributed by atoms with E-state index in [4.69, 9.17) is 11.6 Å².